The van der Waals surface area contributed by atoms with Gasteiger partial charge in [0.25, 0.3) is 0 Å². The Morgan fingerprint density at radius 1 is 1.45 bits per heavy atom. The summed E-state index contributed by atoms with van der Waals surface area (Å²) in [5.41, 5.74) is 8.40. The van der Waals surface area contributed by atoms with Crippen molar-refractivity contribution >= 4 is 5.96 Å². The van der Waals surface area contributed by atoms with Crippen molar-refractivity contribution in [3.63, 3.8) is 0 Å². The van der Waals surface area contributed by atoms with E-state index in [4.69, 9.17) is 10.5 Å². The van der Waals surface area contributed by atoms with Gasteiger partial charge in [-0.15, -0.1) is 0 Å². The molecule has 0 saturated carbocycles. The first kappa shape index (κ1) is 14.7. The van der Waals surface area contributed by atoms with Crippen LogP contribution in [0.5, 0.6) is 5.75 Å². The molecule has 1 aliphatic heterocycles. The van der Waals surface area contributed by atoms with Gasteiger partial charge in [-0.1, -0.05) is 12.1 Å². The van der Waals surface area contributed by atoms with Gasteiger partial charge in [0.05, 0.1) is 19.7 Å². The van der Waals surface area contributed by atoms with E-state index >= 15 is 0 Å². The van der Waals surface area contributed by atoms with Gasteiger partial charge in [-0.25, -0.2) is 0 Å². The molecule has 2 rings (SSSR count). The van der Waals surface area contributed by atoms with E-state index in [1.165, 1.54) is 5.56 Å². The van der Waals surface area contributed by atoms with Crippen molar-refractivity contribution < 1.29 is 4.74 Å². The molecule has 5 heteroatoms. The molecule has 0 bridgehead atoms. The Morgan fingerprint density at radius 2 is 2.20 bits per heavy atom. The summed E-state index contributed by atoms with van der Waals surface area (Å²) >= 11 is 0. The van der Waals surface area contributed by atoms with Crippen molar-refractivity contribution in [1.82, 2.24) is 9.80 Å². The quantitative estimate of drug-likeness (QED) is 0.879. The molecule has 0 saturated heterocycles. The average molecular weight is 276 g/mol. The van der Waals surface area contributed by atoms with Crippen LogP contribution in [0.15, 0.2) is 23.2 Å². The summed E-state index contributed by atoms with van der Waals surface area (Å²) in [6, 6.07) is 6.52. The first-order valence-electron chi connectivity index (χ1n) is 6.88. The largest absolute Gasteiger partial charge is 0.496 e. The number of guanidine groups is 1. The molecule has 0 radical (unpaired) electrons. The van der Waals surface area contributed by atoms with Crippen LogP contribution in [0.3, 0.4) is 0 Å². The van der Waals surface area contributed by atoms with Crippen LogP contribution >= 0.6 is 0 Å². The number of aliphatic imine (C=N–C) groups is 1. The second-order valence-corrected chi connectivity index (χ2v) is 5.44. The van der Waals surface area contributed by atoms with Gasteiger partial charge in [-0.05, 0) is 38.2 Å². The Balaban J connectivity index is 2.16. The number of methoxy groups -OCH3 is 1. The van der Waals surface area contributed by atoms with Gasteiger partial charge in [-0.2, -0.15) is 0 Å². The third-order valence-corrected chi connectivity index (χ3v) is 3.69. The second-order valence-electron chi connectivity index (χ2n) is 5.44. The van der Waals surface area contributed by atoms with E-state index in [2.05, 4.69) is 47.9 Å². The molecule has 1 atom stereocenters. The van der Waals surface area contributed by atoms with Gasteiger partial charge < -0.3 is 20.3 Å². The van der Waals surface area contributed by atoms with Crippen molar-refractivity contribution in [2.75, 3.05) is 40.8 Å². The summed E-state index contributed by atoms with van der Waals surface area (Å²) in [5.74, 6) is 1.56. The van der Waals surface area contributed by atoms with E-state index in [9.17, 15) is 0 Å². The van der Waals surface area contributed by atoms with Gasteiger partial charge in [0.15, 0.2) is 5.96 Å². The highest BCUT2D eigenvalue weighted by atomic mass is 16.5. The molecular weight excluding hydrogens is 252 g/mol. The van der Waals surface area contributed by atoms with Crippen LogP contribution in [0.25, 0.3) is 0 Å². The van der Waals surface area contributed by atoms with E-state index < -0.39 is 0 Å². The molecule has 1 aromatic carbocycles. The maximum Gasteiger partial charge on any atom is 0.191 e. The summed E-state index contributed by atoms with van der Waals surface area (Å²) in [6.07, 6.45) is 0. The highest BCUT2D eigenvalue weighted by molar-refractivity contribution is 5.80. The number of nitrogens with two attached hydrogens (primary N) is 1. The first-order valence-corrected chi connectivity index (χ1v) is 6.88. The van der Waals surface area contributed by atoms with E-state index in [0.29, 0.717) is 5.96 Å². The number of hydrogen-bond donors (Lipinski definition) is 1. The van der Waals surface area contributed by atoms with Crippen LogP contribution in [0.1, 0.15) is 17.2 Å². The lowest BCUT2D eigenvalue weighted by Crippen LogP contribution is -2.40. The summed E-state index contributed by atoms with van der Waals surface area (Å²) in [5, 5.41) is 0. The molecule has 0 amide bonds. The van der Waals surface area contributed by atoms with Crippen LogP contribution in [0, 0.1) is 6.92 Å². The standard InChI is InChI=1S/C15H24N4O/c1-11-9-12(5-6-14(11)20-4)13-10-17-15(16)19(13)8-7-18(2)3/h5-6,9,13H,7-8,10H2,1-4H3,(H2,16,17). The molecule has 1 unspecified atom stereocenters. The molecule has 0 spiro atoms. The molecule has 0 aliphatic carbocycles. The number of benzene rings is 1. The molecule has 0 aromatic heterocycles. The SMILES string of the molecule is COc1ccc(C2CN=C(N)N2CCN(C)C)cc1C. The normalized spacial score (nSPS) is 18.6. The van der Waals surface area contributed by atoms with Crippen LogP contribution in [0.4, 0.5) is 0 Å². The minimum atomic E-state index is 0.236. The lowest BCUT2D eigenvalue weighted by atomic mass is 10.0. The Morgan fingerprint density at radius 3 is 2.80 bits per heavy atom. The zero-order chi connectivity index (χ0) is 14.7. The molecule has 1 heterocycles. The fourth-order valence-corrected chi connectivity index (χ4v) is 2.50. The summed E-state index contributed by atoms with van der Waals surface area (Å²) < 4.78 is 5.32. The van der Waals surface area contributed by atoms with Crippen LogP contribution in [0.2, 0.25) is 0 Å². The van der Waals surface area contributed by atoms with E-state index in [1.807, 2.05) is 6.07 Å². The predicted molar refractivity (Wildman–Crippen MR) is 82.2 cm³/mol. The van der Waals surface area contributed by atoms with Crippen molar-refractivity contribution in [3.8, 4) is 5.75 Å². The molecule has 5 nitrogen and oxygen atoms in total. The predicted octanol–water partition coefficient (Wildman–Crippen LogP) is 1.24. The zero-order valence-corrected chi connectivity index (χ0v) is 12.8. The monoisotopic (exact) mass is 276 g/mol. The Kier molecular flexibility index (Phi) is 4.49. The average Bonchev–Trinajstić information content (AvgIpc) is 2.77. The smallest absolute Gasteiger partial charge is 0.191 e. The topological polar surface area (TPSA) is 54.1 Å². The summed E-state index contributed by atoms with van der Waals surface area (Å²) in [6.45, 7) is 4.64. The van der Waals surface area contributed by atoms with Crippen LogP contribution in [-0.4, -0.2) is 56.6 Å². The third kappa shape index (κ3) is 3.04. The van der Waals surface area contributed by atoms with Gasteiger partial charge in [0, 0.05) is 13.1 Å². The molecule has 20 heavy (non-hydrogen) atoms. The zero-order valence-electron chi connectivity index (χ0n) is 12.8. The lowest BCUT2D eigenvalue weighted by molar-refractivity contribution is 0.293. The first-order chi connectivity index (χ1) is 9.52. The van der Waals surface area contributed by atoms with Gasteiger partial charge in [0.2, 0.25) is 0 Å². The molecular formula is C15H24N4O. The van der Waals surface area contributed by atoms with Gasteiger partial charge in [0.1, 0.15) is 5.75 Å². The number of likely N-dealkylation sites (N-methyl/N-ethyl adjacent to an activating group) is 1. The maximum absolute atomic E-state index is 6.02. The van der Waals surface area contributed by atoms with Crippen LogP contribution < -0.4 is 10.5 Å². The highest BCUT2D eigenvalue weighted by Gasteiger charge is 2.27. The minimum Gasteiger partial charge on any atom is -0.496 e. The van der Waals surface area contributed by atoms with E-state index in [0.717, 1.165) is 30.9 Å². The number of nitrogens with zero attached hydrogens (tertiary/aromatic N) is 3. The van der Waals surface area contributed by atoms with Crippen LogP contribution in [-0.2, 0) is 0 Å². The minimum absolute atomic E-state index is 0.236. The number of hydrogen-bond acceptors (Lipinski definition) is 5. The molecule has 0 fully saturated rings. The van der Waals surface area contributed by atoms with Crippen molar-refractivity contribution in [3.05, 3.63) is 29.3 Å². The molecule has 2 N–H and O–H groups in total. The Bertz CT molecular complexity index is 499. The maximum atomic E-state index is 6.02. The lowest BCUT2D eigenvalue weighted by Gasteiger charge is -2.28. The third-order valence-electron chi connectivity index (χ3n) is 3.69. The second kappa shape index (κ2) is 6.13. The van der Waals surface area contributed by atoms with E-state index in [1.54, 1.807) is 7.11 Å². The van der Waals surface area contributed by atoms with E-state index in [-0.39, 0.29) is 6.04 Å². The molecule has 1 aromatic rings. The fourth-order valence-electron chi connectivity index (χ4n) is 2.50. The fraction of sp³-hybridized carbons (Fsp3) is 0.533. The van der Waals surface area contributed by atoms with Gasteiger partial charge >= 0.3 is 0 Å². The molecule has 110 valence electrons. The van der Waals surface area contributed by atoms with Crippen molar-refractivity contribution in [1.29, 1.82) is 0 Å². The van der Waals surface area contributed by atoms with Gasteiger partial charge in [-0.3, -0.25) is 4.99 Å². The molecule has 1 aliphatic rings. The summed E-state index contributed by atoms with van der Waals surface area (Å²) in [4.78, 5) is 8.73. The number of rotatable bonds is 5. The summed E-state index contributed by atoms with van der Waals surface area (Å²) in [7, 11) is 5.83. The number of aryl methyl sites for hydroxylation is 1. The highest BCUT2D eigenvalue weighted by Crippen LogP contribution is 2.28. The Hall–Kier alpha value is -1.75. The van der Waals surface area contributed by atoms with Crippen molar-refractivity contribution in [2.24, 2.45) is 10.7 Å². The number of ether oxygens (including phenoxy) is 1. The Labute approximate surface area is 121 Å². The van der Waals surface area contributed by atoms with Crippen molar-refractivity contribution in [2.45, 2.75) is 13.0 Å².